The van der Waals surface area contributed by atoms with E-state index in [4.69, 9.17) is 11.6 Å². The highest BCUT2D eigenvalue weighted by Crippen LogP contribution is 2.47. The largest absolute Gasteiger partial charge is 0.369 e. The number of pyridine rings is 1. The van der Waals surface area contributed by atoms with Gasteiger partial charge in [-0.2, -0.15) is 4.31 Å². The summed E-state index contributed by atoms with van der Waals surface area (Å²) in [5.41, 5.74) is 3.25. The molecule has 3 aromatic rings. The number of sulfonamides is 1. The summed E-state index contributed by atoms with van der Waals surface area (Å²) in [6, 6.07) is 13.6. The van der Waals surface area contributed by atoms with E-state index in [1.807, 2.05) is 34.1 Å². The van der Waals surface area contributed by atoms with Crippen molar-refractivity contribution in [2.75, 3.05) is 79.8 Å². The third-order valence-electron chi connectivity index (χ3n) is 11.7. The number of carbonyl (C=O) groups is 5. The van der Waals surface area contributed by atoms with E-state index in [-0.39, 0.29) is 61.8 Å². The standard InChI is InChI=1S/C38H41ClN8O7S/c1-2-38(23-41-34-33(38)27(39)11-12-40-34)24-5-3-6-25(21-24)46-18-17-45(22-31(46)49)55(53,54)20-19-43-13-15-44(16-14-43)28-8-4-7-26-32(28)37(52)47(36(26)51)29-9-10-30(48)42-35(29)50/h3-8,11-12,21,29H,2,9-10,13-20,22-23H2,1H3,(H,40,41)(H,42,48,50). The molecular formula is C38H41ClN8O7S. The van der Waals surface area contributed by atoms with Crippen LogP contribution in [0.1, 0.15) is 58.0 Å². The molecule has 0 saturated carbocycles. The second-order valence-electron chi connectivity index (χ2n) is 14.5. The molecule has 17 heteroatoms. The Morgan fingerprint density at radius 3 is 2.47 bits per heavy atom. The number of nitrogens with one attached hydrogen (secondary N) is 2. The van der Waals surface area contributed by atoms with Crippen LogP contribution in [-0.4, -0.2) is 128 Å². The second-order valence-corrected chi connectivity index (χ2v) is 17.0. The summed E-state index contributed by atoms with van der Waals surface area (Å²) in [4.78, 5) is 75.7. The minimum atomic E-state index is -3.75. The van der Waals surface area contributed by atoms with Gasteiger partial charge >= 0.3 is 0 Å². The fourth-order valence-corrected chi connectivity index (χ4v) is 10.3. The van der Waals surface area contributed by atoms with E-state index in [1.54, 1.807) is 35.4 Å². The molecule has 8 rings (SSSR count). The molecule has 55 heavy (non-hydrogen) atoms. The number of halogens is 1. The van der Waals surface area contributed by atoms with Crippen LogP contribution >= 0.6 is 11.6 Å². The molecule has 15 nitrogen and oxygen atoms in total. The van der Waals surface area contributed by atoms with Crippen LogP contribution in [-0.2, 0) is 29.8 Å². The van der Waals surface area contributed by atoms with Crippen molar-refractivity contribution >= 4 is 68.4 Å². The normalized spacial score (nSPS) is 23.6. The van der Waals surface area contributed by atoms with Crippen molar-refractivity contribution in [1.82, 2.24) is 24.4 Å². The van der Waals surface area contributed by atoms with E-state index in [0.717, 1.165) is 28.3 Å². The molecule has 0 spiro atoms. The first-order chi connectivity index (χ1) is 26.4. The predicted octanol–water partition coefficient (Wildman–Crippen LogP) is 2.06. The molecule has 2 unspecified atom stereocenters. The van der Waals surface area contributed by atoms with Crippen LogP contribution in [0.25, 0.3) is 0 Å². The average Bonchev–Trinajstić information content (AvgIpc) is 3.70. The third kappa shape index (κ3) is 6.44. The Morgan fingerprint density at radius 2 is 1.73 bits per heavy atom. The highest BCUT2D eigenvalue weighted by Gasteiger charge is 2.47. The fourth-order valence-electron chi connectivity index (χ4n) is 8.58. The smallest absolute Gasteiger partial charge is 0.264 e. The number of benzene rings is 2. The van der Waals surface area contributed by atoms with Gasteiger partial charge in [-0.1, -0.05) is 36.7 Å². The monoisotopic (exact) mass is 788 g/mol. The summed E-state index contributed by atoms with van der Waals surface area (Å²) in [5.74, 6) is -1.91. The van der Waals surface area contributed by atoms with E-state index in [2.05, 4.69) is 22.5 Å². The number of rotatable bonds is 9. The van der Waals surface area contributed by atoms with Crippen LogP contribution in [0.4, 0.5) is 17.2 Å². The third-order valence-corrected chi connectivity index (χ3v) is 13.8. The van der Waals surface area contributed by atoms with Gasteiger partial charge in [-0.15, -0.1) is 0 Å². The number of nitrogens with zero attached hydrogens (tertiary/aromatic N) is 6. The zero-order valence-electron chi connectivity index (χ0n) is 30.3. The molecule has 0 radical (unpaired) electrons. The van der Waals surface area contributed by atoms with Gasteiger partial charge in [0.1, 0.15) is 11.9 Å². The van der Waals surface area contributed by atoms with Gasteiger partial charge in [-0.05, 0) is 48.7 Å². The van der Waals surface area contributed by atoms with Gasteiger partial charge in [0, 0.05) is 86.7 Å². The van der Waals surface area contributed by atoms with Crippen molar-refractivity contribution < 1.29 is 32.4 Å². The number of hydrogen-bond donors (Lipinski definition) is 2. The van der Waals surface area contributed by atoms with Crippen LogP contribution in [0, 0.1) is 0 Å². The first-order valence-corrected chi connectivity index (χ1v) is 20.5. The molecule has 2 atom stereocenters. The van der Waals surface area contributed by atoms with E-state index in [9.17, 15) is 32.4 Å². The molecule has 3 saturated heterocycles. The van der Waals surface area contributed by atoms with E-state index >= 15 is 0 Å². The molecule has 288 valence electrons. The molecule has 5 amide bonds. The lowest BCUT2D eigenvalue weighted by atomic mass is 9.74. The minimum absolute atomic E-state index is 0.0398. The summed E-state index contributed by atoms with van der Waals surface area (Å²) in [5, 5.41) is 6.23. The highest BCUT2D eigenvalue weighted by atomic mass is 35.5. The molecule has 1 aromatic heterocycles. The van der Waals surface area contributed by atoms with Crippen LogP contribution < -0.4 is 20.4 Å². The Labute approximate surface area is 323 Å². The Morgan fingerprint density at radius 1 is 0.945 bits per heavy atom. The zero-order valence-corrected chi connectivity index (χ0v) is 31.9. The first-order valence-electron chi connectivity index (χ1n) is 18.5. The lowest BCUT2D eigenvalue weighted by Crippen LogP contribution is -2.54. The number of carbonyl (C=O) groups excluding carboxylic acids is 5. The first kappa shape index (κ1) is 37.0. The Hall–Kier alpha value is -4.90. The summed E-state index contributed by atoms with van der Waals surface area (Å²) < 4.78 is 28.3. The minimum Gasteiger partial charge on any atom is -0.369 e. The second kappa shape index (κ2) is 14.3. The molecule has 5 aliphatic heterocycles. The summed E-state index contributed by atoms with van der Waals surface area (Å²) in [7, 11) is -3.75. The van der Waals surface area contributed by atoms with Crippen LogP contribution in [0.3, 0.4) is 0 Å². The maximum atomic E-state index is 13.6. The van der Waals surface area contributed by atoms with Crippen LogP contribution in [0.2, 0.25) is 5.02 Å². The Bertz CT molecular complexity index is 2230. The SMILES string of the molecule is CCC1(c2cccc(N3CCN(S(=O)(=O)CCN4CCN(c5cccc6c5C(=O)N(C5CCC(=O)NC5=O)C6=O)CC4)CC3=O)c2)CNc2nccc(Cl)c21. The molecule has 5 aliphatic rings. The lowest BCUT2D eigenvalue weighted by Gasteiger charge is -2.37. The molecule has 6 heterocycles. The van der Waals surface area contributed by atoms with E-state index < -0.39 is 45.1 Å². The van der Waals surface area contributed by atoms with Gasteiger partial charge in [-0.3, -0.25) is 39.1 Å². The van der Waals surface area contributed by atoms with Crippen molar-refractivity contribution in [2.24, 2.45) is 0 Å². The number of imide groups is 2. The number of piperazine rings is 2. The van der Waals surface area contributed by atoms with Crippen molar-refractivity contribution in [1.29, 1.82) is 0 Å². The molecule has 0 aliphatic carbocycles. The maximum Gasteiger partial charge on any atom is 0.264 e. The number of aromatic nitrogens is 1. The van der Waals surface area contributed by atoms with Crippen LogP contribution in [0.15, 0.2) is 54.7 Å². The molecule has 2 aromatic carbocycles. The van der Waals surface area contributed by atoms with E-state index in [0.29, 0.717) is 49.1 Å². The number of hydrogen-bond acceptors (Lipinski definition) is 11. The Kier molecular flexibility index (Phi) is 9.64. The van der Waals surface area contributed by atoms with Gasteiger partial charge in [0.05, 0.1) is 29.1 Å². The Balaban J connectivity index is 0.874. The quantitative estimate of drug-likeness (QED) is 0.304. The number of fused-ring (bicyclic) bond motifs is 2. The number of amides is 5. The van der Waals surface area contributed by atoms with Crippen molar-refractivity contribution in [2.45, 2.75) is 37.6 Å². The summed E-state index contributed by atoms with van der Waals surface area (Å²) in [6.45, 7) is 5.13. The topological polar surface area (TPSA) is 173 Å². The highest BCUT2D eigenvalue weighted by molar-refractivity contribution is 7.89. The van der Waals surface area contributed by atoms with Crippen molar-refractivity contribution in [3.8, 4) is 0 Å². The lowest BCUT2D eigenvalue weighted by molar-refractivity contribution is -0.136. The molecule has 2 N–H and O–H groups in total. The molecule has 3 fully saturated rings. The van der Waals surface area contributed by atoms with Gasteiger partial charge < -0.3 is 15.1 Å². The van der Waals surface area contributed by atoms with Crippen molar-refractivity contribution in [3.05, 3.63) is 82.0 Å². The number of piperidine rings is 1. The fraction of sp³-hybridized carbons (Fsp3) is 0.421. The maximum absolute atomic E-state index is 13.6. The number of anilines is 3. The van der Waals surface area contributed by atoms with Gasteiger partial charge in [-0.25, -0.2) is 13.4 Å². The molecular weight excluding hydrogens is 748 g/mol. The van der Waals surface area contributed by atoms with Gasteiger partial charge in [0.15, 0.2) is 0 Å². The van der Waals surface area contributed by atoms with E-state index in [1.165, 1.54) is 4.31 Å². The van der Waals surface area contributed by atoms with Crippen molar-refractivity contribution in [3.63, 3.8) is 0 Å². The van der Waals surface area contributed by atoms with Gasteiger partial charge in [0.25, 0.3) is 11.8 Å². The van der Waals surface area contributed by atoms with Crippen LogP contribution in [0.5, 0.6) is 0 Å². The predicted molar refractivity (Wildman–Crippen MR) is 205 cm³/mol. The summed E-state index contributed by atoms with van der Waals surface area (Å²) >= 11 is 6.67. The molecule has 0 bridgehead atoms. The summed E-state index contributed by atoms with van der Waals surface area (Å²) in [6.07, 6.45) is 2.55. The zero-order chi connectivity index (χ0) is 38.6. The average molecular weight is 789 g/mol. The van der Waals surface area contributed by atoms with Gasteiger partial charge in [0.2, 0.25) is 27.7 Å².